The fourth-order valence-corrected chi connectivity index (χ4v) is 1.68. The Kier molecular flexibility index (Phi) is 5.90. The molecule has 0 fully saturated rings. The van der Waals surface area contributed by atoms with Crippen LogP contribution in [0.5, 0.6) is 5.75 Å². The number of ether oxygens (including phenoxy) is 1. The van der Waals surface area contributed by atoms with Gasteiger partial charge < -0.3 is 10.5 Å². The number of benzene rings is 1. The molecular formula is C10H10BrClN2O4. The van der Waals surface area contributed by atoms with Crippen LogP contribution in [0.2, 0.25) is 5.02 Å². The van der Waals surface area contributed by atoms with E-state index in [2.05, 4.69) is 20.8 Å². The minimum absolute atomic E-state index is 0.292. The molecule has 6 nitrogen and oxygen atoms in total. The number of halogens is 2. The standard InChI is InChI=1S/C10H10BrClN2O4/c11-6-1-2-8(7(12)3-6)17-5-10(16)14-18-4-9(13)15/h1-3H,4-5H2,(H2,13,15)(H,14,16). The molecule has 0 saturated carbocycles. The van der Waals surface area contributed by atoms with Crippen molar-refractivity contribution >= 4 is 39.3 Å². The molecule has 0 unspecified atom stereocenters. The van der Waals surface area contributed by atoms with E-state index in [0.29, 0.717) is 10.8 Å². The van der Waals surface area contributed by atoms with Crippen LogP contribution in [0.15, 0.2) is 22.7 Å². The highest BCUT2D eigenvalue weighted by atomic mass is 79.9. The van der Waals surface area contributed by atoms with Gasteiger partial charge in [-0.2, -0.15) is 0 Å². The van der Waals surface area contributed by atoms with Gasteiger partial charge >= 0.3 is 0 Å². The third kappa shape index (κ3) is 5.35. The van der Waals surface area contributed by atoms with Gasteiger partial charge in [0.05, 0.1) is 5.02 Å². The Morgan fingerprint density at radius 3 is 2.72 bits per heavy atom. The molecule has 0 aromatic heterocycles. The van der Waals surface area contributed by atoms with Crippen molar-refractivity contribution in [3.63, 3.8) is 0 Å². The number of hydrogen-bond donors (Lipinski definition) is 2. The maximum Gasteiger partial charge on any atom is 0.281 e. The molecule has 0 atom stereocenters. The summed E-state index contributed by atoms with van der Waals surface area (Å²) in [4.78, 5) is 26.0. The molecule has 1 rings (SSSR count). The first-order valence-electron chi connectivity index (χ1n) is 4.76. The summed E-state index contributed by atoms with van der Waals surface area (Å²) in [5, 5.41) is 0.371. The van der Waals surface area contributed by atoms with Crippen LogP contribution in [0, 0.1) is 0 Å². The van der Waals surface area contributed by atoms with Crippen LogP contribution in [-0.2, 0) is 14.4 Å². The SMILES string of the molecule is NC(=O)CONC(=O)COc1ccc(Br)cc1Cl. The summed E-state index contributed by atoms with van der Waals surface area (Å²) < 4.78 is 5.95. The maximum absolute atomic E-state index is 11.2. The lowest BCUT2D eigenvalue weighted by molar-refractivity contribution is -0.139. The minimum atomic E-state index is -0.688. The Morgan fingerprint density at radius 2 is 2.11 bits per heavy atom. The van der Waals surface area contributed by atoms with Gasteiger partial charge in [-0.3, -0.25) is 14.4 Å². The fourth-order valence-electron chi connectivity index (χ4n) is 0.953. The van der Waals surface area contributed by atoms with Gasteiger partial charge in [0.25, 0.3) is 5.91 Å². The van der Waals surface area contributed by atoms with Crippen LogP contribution < -0.4 is 16.0 Å². The van der Waals surface area contributed by atoms with E-state index in [9.17, 15) is 9.59 Å². The highest BCUT2D eigenvalue weighted by Crippen LogP contribution is 2.27. The Morgan fingerprint density at radius 1 is 1.39 bits per heavy atom. The van der Waals surface area contributed by atoms with Crippen molar-refractivity contribution in [1.82, 2.24) is 5.48 Å². The third-order valence-corrected chi connectivity index (χ3v) is 2.44. The molecule has 1 aromatic rings. The van der Waals surface area contributed by atoms with E-state index >= 15 is 0 Å². The van der Waals surface area contributed by atoms with Crippen molar-refractivity contribution in [2.75, 3.05) is 13.2 Å². The van der Waals surface area contributed by atoms with Crippen LogP contribution in [-0.4, -0.2) is 25.0 Å². The van der Waals surface area contributed by atoms with Crippen LogP contribution in [0.3, 0.4) is 0 Å². The molecule has 3 N–H and O–H groups in total. The minimum Gasteiger partial charge on any atom is -0.482 e. The Bertz CT molecular complexity index is 456. The van der Waals surface area contributed by atoms with Crippen molar-refractivity contribution in [1.29, 1.82) is 0 Å². The van der Waals surface area contributed by atoms with E-state index in [4.69, 9.17) is 22.1 Å². The average Bonchev–Trinajstić information content (AvgIpc) is 2.27. The van der Waals surface area contributed by atoms with E-state index in [1.165, 1.54) is 0 Å². The Labute approximate surface area is 116 Å². The number of carbonyl (C=O) groups excluding carboxylic acids is 2. The molecule has 0 aliphatic rings. The number of primary amides is 1. The van der Waals surface area contributed by atoms with E-state index in [1.54, 1.807) is 18.2 Å². The molecule has 0 saturated heterocycles. The fraction of sp³-hybridized carbons (Fsp3) is 0.200. The Balaban J connectivity index is 2.36. The van der Waals surface area contributed by atoms with Crippen LogP contribution >= 0.6 is 27.5 Å². The van der Waals surface area contributed by atoms with Gasteiger partial charge in [0, 0.05) is 4.47 Å². The van der Waals surface area contributed by atoms with Crippen molar-refractivity contribution in [3.8, 4) is 5.75 Å². The quantitative estimate of drug-likeness (QED) is 0.758. The zero-order valence-corrected chi connectivity index (χ0v) is 11.5. The summed E-state index contributed by atoms with van der Waals surface area (Å²) in [6.45, 7) is -0.690. The van der Waals surface area contributed by atoms with Crippen LogP contribution in [0.25, 0.3) is 0 Å². The molecule has 8 heteroatoms. The topological polar surface area (TPSA) is 90.7 Å². The Hall–Kier alpha value is -1.31. The van der Waals surface area contributed by atoms with Crippen molar-refractivity contribution in [3.05, 3.63) is 27.7 Å². The number of hydrogen-bond acceptors (Lipinski definition) is 4. The monoisotopic (exact) mass is 336 g/mol. The highest BCUT2D eigenvalue weighted by molar-refractivity contribution is 9.10. The second kappa shape index (κ2) is 7.20. The third-order valence-electron chi connectivity index (χ3n) is 1.65. The smallest absolute Gasteiger partial charge is 0.281 e. The normalized spacial score (nSPS) is 9.89. The van der Waals surface area contributed by atoms with E-state index < -0.39 is 18.4 Å². The summed E-state index contributed by atoms with van der Waals surface area (Å²) in [5.74, 6) is -0.882. The number of amides is 2. The van der Waals surface area contributed by atoms with Gasteiger partial charge in [-0.05, 0) is 18.2 Å². The van der Waals surface area contributed by atoms with Gasteiger partial charge in [0.15, 0.2) is 13.2 Å². The van der Waals surface area contributed by atoms with Crippen LogP contribution in [0.1, 0.15) is 0 Å². The summed E-state index contributed by atoms with van der Waals surface area (Å²) in [5.41, 5.74) is 6.81. The summed E-state index contributed by atoms with van der Waals surface area (Å²) in [6, 6.07) is 4.98. The summed E-state index contributed by atoms with van der Waals surface area (Å²) in [6.07, 6.45) is 0. The zero-order valence-electron chi connectivity index (χ0n) is 9.11. The molecule has 0 aliphatic carbocycles. The molecule has 0 aliphatic heterocycles. The molecule has 2 amide bonds. The number of nitrogens with two attached hydrogens (primary N) is 1. The largest absolute Gasteiger partial charge is 0.482 e. The zero-order chi connectivity index (χ0) is 13.5. The van der Waals surface area contributed by atoms with Gasteiger partial charge in [0.1, 0.15) is 5.75 Å². The first kappa shape index (κ1) is 14.7. The molecule has 1 aromatic carbocycles. The van der Waals surface area contributed by atoms with Crippen LogP contribution in [0.4, 0.5) is 0 Å². The van der Waals surface area contributed by atoms with E-state index in [0.717, 1.165) is 4.47 Å². The summed E-state index contributed by atoms with van der Waals surface area (Å²) >= 11 is 9.12. The molecule has 0 spiro atoms. The van der Waals surface area contributed by atoms with Crippen molar-refractivity contribution in [2.45, 2.75) is 0 Å². The molecule has 18 heavy (non-hydrogen) atoms. The molecule has 98 valence electrons. The first-order chi connectivity index (χ1) is 8.49. The number of carbonyl (C=O) groups is 2. The van der Waals surface area contributed by atoms with E-state index in [-0.39, 0.29) is 6.61 Å². The number of nitrogens with one attached hydrogen (secondary N) is 1. The average molecular weight is 338 g/mol. The summed E-state index contributed by atoms with van der Waals surface area (Å²) in [7, 11) is 0. The maximum atomic E-state index is 11.2. The lowest BCUT2D eigenvalue weighted by Crippen LogP contribution is -2.32. The van der Waals surface area contributed by atoms with Gasteiger partial charge in [0.2, 0.25) is 5.91 Å². The van der Waals surface area contributed by atoms with Gasteiger partial charge in [-0.15, -0.1) is 0 Å². The molecule has 0 heterocycles. The van der Waals surface area contributed by atoms with Crippen molar-refractivity contribution in [2.24, 2.45) is 5.73 Å². The lowest BCUT2D eigenvalue weighted by Gasteiger charge is -2.08. The second-order valence-corrected chi connectivity index (χ2v) is 4.47. The number of hydroxylamine groups is 1. The van der Waals surface area contributed by atoms with Gasteiger partial charge in [-0.1, -0.05) is 27.5 Å². The molecular weight excluding hydrogens is 327 g/mol. The first-order valence-corrected chi connectivity index (χ1v) is 5.93. The molecule has 0 bridgehead atoms. The van der Waals surface area contributed by atoms with Gasteiger partial charge in [-0.25, -0.2) is 5.48 Å². The van der Waals surface area contributed by atoms with Crippen molar-refractivity contribution < 1.29 is 19.2 Å². The second-order valence-electron chi connectivity index (χ2n) is 3.14. The predicted molar refractivity (Wildman–Crippen MR) is 67.9 cm³/mol. The molecule has 0 radical (unpaired) electrons. The predicted octanol–water partition coefficient (Wildman–Crippen LogP) is 1.01. The highest BCUT2D eigenvalue weighted by Gasteiger charge is 2.06. The number of rotatable bonds is 6. The lowest BCUT2D eigenvalue weighted by atomic mass is 10.3. The van der Waals surface area contributed by atoms with E-state index in [1.807, 2.05) is 5.48 Å².